The number of hydrogen-bond acceptors (Lipinski definition) is 3. The van der Waals surface area contributed by atoms with Crippen LogP contribution < -0.4 is 4.90 Å². The van der Waals surface area contributed by atoms with Crippen molar-refractivity contribution in [1.29, 1.82) is 0 Å². The molecule has 1 aromatic heterocycles. The molecule has 0 spiro atoms. The largest absolute Gasteiger partial charge is 0.368 e. The van der Waals surface area contributed by atoms with Crippen molar-refractivity contribution >= 4 is 11.6 Å². The molecule has 1 aliphatic rings. The molecular weight excluding hydrogens is 276 g/mol. The van der Waals surface area contributed by atoms with E-state index in [4.69, 9.17) is 0 Å². The Kier molecular flexibility index (Phi) is 4.13. The summed E-state index contributed by atoms with van der Waals surface area (Å²) in [4.78, 5) is 23.6. The first-order valence-corrected chi connectivity index (χ1v) is 7.71. The summed E-state index contributed by atoms with van der Waals surface area (Å²) in [6, 6.07) is 6.42. The van der Waals surface area contributed by atoms with Gasteiger partial charge < -0.3 is 14.8 Å². The topological polar surface area (TPSA) is 52.2 Å². The molecule has 1 aliphatic heterocycles. The number of hydrogen-bond donors (Lipinski definition) is 1. The first kappa shape index (κ1) is 14.6. The predicted octanol–water partition coefficient (Wildman–Crippen LogP) is 1.92. The molecule has 5 heteroatoms. The van der Waals surface area contributed by atoms with E-state index in [0.717, 1.165) is 31.9 Å². The van der Waals surface area contributed by atoms with Crippen LogP contribution in [0.1, 0.15) is 16.8 Å². The molecule has 116 valence electrons. The highest BCUT2D eigenvalue weighted by atomic mass is 16.2. The molecule has 0 bridgehead atoms. The van der Waals surface area contributed by atoms with E-state index in [9.17, 15) is 4.79 Å². The van der Waals surface area contributed by atoms with E-state index in [0.29, 0.717) is 6.42 Å². The fourth-order valence-electron chi connectivity index (χ4n) is 2.93. The van der Waals surface area contributed by atoms with Crippen molar-refractivity contribution in [2.75, 3.05) is 31.1 Å². The zero-order chi connectivity index (χ0) is 15.5. The van der Waals surface area contributed by atoms with Crippen LogP contribution in [0.5, 0.6) is 0 Å². The van der Waals surface area contributed by atoms with E-state index in [-0.39, 0.29) is 5.91 Å². The van der Waals surface area contributed by atoms with Crippen molar-refractivity contribution in [1.82, 2.24) is 14.9 Å². The molecule has 2 aromatic rings. The number of aromatic nitrogens is 2. The normalized spacial score (nSPS) is 15.2. The summed E-state index contributed by atoms with van der Waals surface area (Å²) in [6.07, 6.45) is 3.73. The van der Waals surface area contributed by atoms with Gasteiger partial charge in [-0.25, -0.2) is 4.98 Å². The molecule has 0 radical (unpaired) electrons. The van der Waals surface area contributed by atoms with Crippen LogP contribution in [0.25, 0.3) is 0 Å². The van der Waals surface area contributed by atoms with E-state index < -0.39 is 0 Å². The quantitative estimate of drug-likeness (QED) is 0.942. The van der Waals surface area contributed by atoms with Gasteiger partial charge in [0.05, 0.1) is 12.7 Å². The first-order valence-electron chi connectivity index (χ1n) is 7.71. The number of piperazine rings is 1. The molecule has 5 nitrogen and oxygen atoms in total. The number of imidazole rings is 1. The molecule has 1 fully saturated rings. The van der Waals surface area contributed by atoms with E-state index >= 15 is 0 Å². The number of aromatic amines is 1. The Balaban J connectivity index is 1.60. The number of carbonyl (C=O) groups excluding carboxylic acids is 1. The SMILES string of the molecule is Cc1cccc(N2CCN(C(=O)Cc3cnc[nH]3)CC2)c1C. The van der Waals surface area contributed by atoms with Crippen molar-refractivity contribution in [3.05, 3.63) is 47.5 Å². The summed E-state index contributed by atoms with van der Waals surface area (Å²) in [5.74, 6) is 0.171. The standard InChI is InChI=1S/C17H22N4O/c1-13-4-3-5-16(14(13)2)20-6-8-21(9-7-20)17(22)10-15-11-18-12-19-15/h3-5,11-12H,6-10H2,1-2H3,(H,18,19). The molecule has 2 heterocycles. The van der Waals surface area contributed by atoms with Crippen LogP contribution in [-0.2, 0) is 11.2 Å². The summed E-state index contributed by atoms with van der Waals surface area (Å²) >= 11 is 0. The molecule has 1 aromatic carbocycles. The molecule has 1 saturated heterocycles. The van der Waals surface area contributed by atoms with Crippen molar-refractivity contribution in [2.24, 2.45) is 0 Å². The molecule has 1 N–H and O–H groups in total. The van der Waals surface area contributed by atoms with Gasteiger partial charge in [-0.2, -0.15) is 0 Å². The fraction of sp³-hybridized carbons (Fsp3) is 0.412. The number of rotatable bonds is 3. The third-order valence-electron chi connectivity index (χ3n) is 4.45. The molecule has 0 atom stereocenters. The Bertz CT molecular complexity index is 643. The Hall–Kier alpha value is -2.30. The maximum Gasteiger partial charge on any atom is 0.228 e. The van der Waals surface area contributed by atoms with E-state index in [2.05, 4.69) is 46.9 Å². The zero-order valence-corrected chi connectivity index (χ0v) is 13.2. The molecule has 0 unspecified atom stereocenters. The lowest BCUT2D eigenvalue weighted by atomic mass is 10.1. The van der Waals surface area contributed by atoms with E-state index in [1.165, 1.54) is 16.8 Å². The second-order valence-corrected chi connectivity index (χ2v) is 5.84. The molecule has 0 aliphatic carbocycles. The summed E-state index contributed by atoms with van der Waals surface area (Å²) < 4.78 is 0. The second-order valence-electron chi connectivity index (χ2n) is 5.84. The number of aryl methyl sites for hydroxylation is 1. The van der Waals surface area contributed by atoms with Crippen LogP contribution >= 0.6 is 0 Å². The highest BCUT2D eigenvalue weighted by Gasteiger charge is 2.22. The summed E-state index contributed by atoms with van der Waals surface area (Å²) in [7, 11) is 0. The highest BCUT2D eigenvalue weighted by Crippen LogP contribution is 2.23. The number of amides is 1. The highest BCUT2D eigenvalue weighted by molar-refractivity contribution is 5.78. The van der Waals surface area contributed by atoms with Crippen molar-refractivity contribution in [3.8, 4) is 0 Å². The summed E-state index contributed by atoms with van der Waals surface area (Å²) in [6.45, 7) is 7.64. The number of carbonyl (C=O) groups is 1. The van der Waals surface area contributed by atoms with Gasteiger partial charge in [0.1, 0.15) is 0 Å². The van der Waals surface area contributed by atoms with Crippen LogP contribution in [0.3, 0.4) is 0 Å². The van der Waals surface area contributed by atoms with Crippen LogP contribution in [0.2, 0.25) is 0 Å². The Labute approximate surface area is 131 Å². The van der Waals surface area contributed by atoms with Crippen LogP contribution in [-0.4, -0.2) is 47.0 Å². The van der Waals surface area contributed by atoms with Gasteiger partial charge in [-0.05, 0) is 31.0 Å². The van der Waals surface area contributed by atoms with Crippen molar-refractivity contribution < 1.29 is 4.79 Å². The minimum atomic E-state index is 0.171. The lowest BCUT2D eigenvalue weighted by Crippen LogP contribution is -2.49. The average molecular weight is 298 g/mol. The summed E-state index contributed by atoms with van der Waals surface area (Å²) in [5.41, 5.74) is 4.82. The molecule has 1 amide bonds. The van der Waals surface area contributed by atoms with Gasteiger partial charge in [-0.15, -0.1) is 0 Å². The van der Waals surface area contributed by atoms with Crippen LogP contribution in [0, 0.1) is 13.8 Å². The number of anilines is 1. The molecule has 3 rings (SSSR count). The minimum absolute atomic E-state index is 0.171. The molecule has 22 heavy (non-hydrogen) atoms. The van der Waals surface area contributed by atoms with Gasteiger partial charge in [0.15, 0.2) is 0 Å². The lowest BCUT2D eigenvalue weighted by Gasteiger charge is -2.37. The Morgan fingerprint density at radius 3 is 2.68 bits per heavy atom. The Morgan fingerprint density at radius 2 is 2.00 bits per heavy atom. The first-order chi connectivity index (χ1) is 10.6. The monoisotopic (exact) mass is 298 g/mol. The number of benzene rings is 1. The van der Waals surface area contributed by atoms with Gasteiger partial charge in [-0.1, -0.05) is 12.1 Å². The second kappa shape index (κ2) is 6.22. The third kappa shape index (κ3) is 2.98. The van der Waals surface area contributed by atoms with Crippen molar-refractivity contribution in [3.63, 3.8) is 0 Å². The zero-order valence-electron chi connectivity index (χ0n) is 13.2. The number of nitrogens with zero attached hydrogens (tertiary/aromatic N) is 3. The fourth-order valence-corrected chi connectivity index (χ4v) is 2.93. The Morgan fingerprint density at radius 1 is 1.23 bits per heavy atom. The van der Waals surface area contributed by atoms with Gasteiger partial charge in [0, 0.05) is 43.8 Å². The number of nitrogens with one attached hydrogen (secondary N) is 1. The van der Waals surface area contributed by atoms with E-state index in [1.54, 1.807) is 12.5 Å². The van der Waals surface area contributed by atoms with Gasteiger partial charge in [0.2, 0.25) is 5.91 Å². The molecular formula is C17H22N4O. The average Bonchev–Trinajstić information content (AvgIpc) is 3.03. The van der Waals surface area contributed by atoms with Gasteiger partial charge in [0.25, 0.3) is 0 Å². The number of H-pyrrole nitrogens is 1. The van der Waals surface area contributed by atoms with Crippen LogP contribution in [0.4, 0.5) is 5.69 Å². The lowest BCUT2D eigenvalue weighted by molar-refractivity contribution is -0.130. The smallest absolute Gasteiger partial charge is 0.228 e. The summed E-state index contributed by atoms with van der Waals surface area (Å²) in [5, 5.41) is 0. The minimum Gasteiger partial charge on any atom is -0.368 e. The van der Waals surface area contributed by atoms with Gasteiger partial charge >= 0.3 is 0 Å². The maximum atomic E-state index is 12.3. The third-order valence-corrected chi connectivity index (χ3v) is 4.45. The van der Waals surface area contributed by atoms with Crippen molar-refractivity contribution in [2.45, 2.75) is 20.3 Å². The predicted molar refractivity (Wildman–Crippen MR) is 87.0 cm³/mol. The van der Waals surface area contributed by atoms with E-state index in [1.807, 2.05) is 4.90 Å². The molecule has 0 saturated carbocycles. The maximum absolute atomic E-state index is 12.3. The van der Waals surface area contributed by atoms with Crippen LogP contribution in [0.15, 0.2) is 30.7 Å². The van der Waals surface area contributed by atoms with Gasteiger partial charge in [-0.3, -0.25) is 4.79 Å².